The highest BCUT2D eigenvalue weighted by atomic mass is 35.5. The van der Waals surface area contributed by atoms with Gasteiger partial charge >= 0.3 is 5.97 Å². The van der Waals surface area contributed by atoms with Gasteiger partial charge in [0.15, 0.2) is 0 Å². The van der Waals surface area contributed by atoms with Crippen LogP contribution >= 0.6 is 11.6 Å². The second kappa shape index (κ2) is 8.02. The number of benzene rings is 1. The fourth-order valence-corrected chi connectivity index (χ4v) is 2.14. The molecule has 0 aliphatic rings. The Kier molecular flexibility index (Phi) is 6.67. The maximum absolute atomic E-state index is 10.8. The van der Waals surface area contributed by atoms with E-state index in [0.717, 1.165) is 38.3 Å². The number of carbonyl (C=O) groups is 1. The van der Waals surface area contributed by atoms with Crippen LogP contribution in [0.4, 0.5) is 5.69 Å². The molecule has 4 nitrogen and oxygen atoms in total. The Hall–Kier alpha value is -1.26. The zero-order chi connectivity index (χ0) is 14.3. The Morgan fingerprint density at radius 2 is 2.05 bits per heavy atom. The van der Waals surface area contributed by atoms with Crippen molar-refractivity contribution in [3.63, 3.8) is 0 Å². The van der Waals surface area contributed by atoms with Crippen molar-refractivity contribution < 1.29 is 9.90 Å². The number of hydrogen-bond donors (Lipinski definition) is 2. The summed E-state index contributed by atoms with van der Waals surface area (Å²) in [4.78, 5) is 13.2. The molecule has 0 saturated carbocycles. The number of carboxylic acid groups (broad SMARTS) is 1. The van der Waals surface area contributed by atoms with Gasteiger partial charge in [-0.25, -0.2) is 4.79 Å². The lowest BCUT2D eigenvalue weighted by molar-refractivity contribution is 0.0697. The molecular formula is C14H21ClN2O2. The number of hydrogen-bond acceptors (Lipinski definition) is 3. The fraction of sp³-hybridized carbons (Fsp3) is 0.500. The van der Waals surface area contributed by atoms with Crippen LogP contribution in [0.3, 0.4) is 0 Å². The zero-order valence-corrected chi connectivity index (χ0v) is 12.2. The minimum absolute atomic E-state index is 0.135. The molecule has 0 amide bonds. The van der Waals surface area contributed by atoms with Crippen LogP contribution < -0.4 is 5.32 Å². The van der Waals surface area contributed by atoms with Crippen molar-refractivity contribution in [2.45, 2.75) is 20.3 Å². The minimum Gasteiger partial charge on any atom is -0.478 e. The monoisotopic (exact) mass is 284 g/mol. The molecule has 1 aromatic rings. The molecule has 0 heterocycles. The molecule has 0 saturated heterocycles. The van der Waals surface area contributed by atoms with E-state index in [9.17, 15) is 4.79 Å². The second-order valence-corrected chi connectivity index (χ2v) is 4.71. The SMILES string of the molecule is CCN(CC)CCCNc1ccc(C(=O)O)c(Cl)c1. The van der Waals surface area contributed by atoms with Gasteiger partial charge in [-0.05, 0) is 44.3 Å². The van der Waals surface area contributed by atoms with E-state index in [1.165, 1.54) is 6.07 Å². The topological polar surface area (TPSA) is 52.6 Å². The van der Waals surface area contributed by atoms with Gasteiger partial charge in [-0.15, -0.1) is 0 Å². The van der Waals surface area contributed by atoms with Crippen LogP contribution in [0.15, 0.2) is 18.2 Å². The Morgan fingerprint density at radius 3 is 2.58 bits per heavy atom. The number of nitrogens with zero attached hydrogens (tertiary/aromatic N) is 1. The lowest BCUT2D eigenvalue weighted by Gasteiger charge is -2.18. The molecule has 19 heavy (non-hydrogen) atoms. The summed E-state index contributed by atoms with van der Waals surface area (Å²) in [5, 5.41) is 12.4. The number of anilines is 1. The molecule has 0 radical (unpaired) electrons. The van der Waals surface area contributed by atoms with Crippen LogP contribution in [-0.4, -0.2) is 42.2 Å². The van der Waals surface area contributed by atoms with Crippen LogP contribution in [-0.2, 0) is 0 Å². The van der Waals surface area contributed by atoms with E-state index < -0.39 is 5.97 Å². The van der Waals surface area contributed by atoms with Gasteiger partial charge in [0.1, 0.15) is 0 Å². The average molecular weight is 285 g/mol. The lowest BCUT2D eigenvalue weighted by Crippen LogP contribution is -2.25. The number of nitrogens with one attached hydrogen (secondary N) is 1. The molecule has 0 unspecified atom stereocenters. The van der Waals surface area contributed by atoms with Gasteiger partial charge < -0.3 is 15.3 Å². The molecule has 106 valence electrons. The summed E-state index contributed by atoms with van der Waals surface area (Å²) >= 11 is 5.90. The summed E-state index contributed by atoms with van der Waals surface area (Å²) in [6, 6.07) is 4.92. The molecule has 2 N–H and O–H groups in total. The van der Waals surface area contributed by atoms with Crippen LogP contribution in [0, 0.1) is 0 Å². The third kappa shape index (κ3) is 5.09. The van der Waals surface area contributed by atoms with Crippen LogP contribution in [0.2, 0.25) is 5.02 Å². The Bertz CT molecular complexity index is 420. The van der Waals surface area contributed by atoms with Crippen molar-refractivity contribution in [3.8, 4) is 0 Å². The van der Waals surface area contributed by atoms with Crippen molar-refractivity contribution in [2.24, 2.45) is 0 Å². The summed E-state index contributed by atoms with van der Waals surface area (Å²) in [6.07, 6.45) is 1.04. The highest BCUT2D eigenvalue weighted by Crippen LogP contribution is 2.20. The Labute approximate surface area is 119 Å². The van der Waals surface area contributed by atoms with E-state index in [2.05, 4.69) is 24.1 Å². The van der Waals surface area contributed by atoms with Gasteiger partial charge in [-0.3, -0.25) is 0 Å². The third-order valence-corrected chi connectivity index (χ3v) is 3.39. The smallest absolute Gasteiger partial charge is 0.337 e. The van der Waals surface area contributed by atoms with Crippen LogP contribution in [0.5, 0.6) is 0 Å². The van der Waals surface area contributed by atoms with Gasteiger partial charge in [0.25, 0.3) is 0 Å². The molecule has 0 fully saturated rings. The van der Waals surface area contributed by atoms with E-state index >= 15 is 0 Å². The number of carboxylic acids is 1. The molecule has 0 atom stereocenters. The second-order valence-electron chi connectivity index (χ2n) is 4.31. The van der Waals surface area contributed by atoms with E-state index in [0.29, 0.717) is 0 Å². The number of rotatable bonds is 8. The average Bonchev–Trinajstić information content (AvgIpc) is 2.38. The van der Waals surface area contributed by atoms with Crippen molar-refractivity contribution in [1.82, 2.24) is 4.90 Å². The molecular weight excluding hydrogens is 264 g/mol. The molecule has 0 aromatic heterocycles. The number of aromatic carboxylic acids is 1. The summed E-state index contributed by atoms with van der Waals surface area (Å²) in [6.45, 7) is 8.34. The van der Waals surface area contributed by atoms with Crippen molar-refractivity contribution in [2.75, 3.05) is 31.5 Å². The van der Waals surface area contributed by atoms with Crippen molar-refractivity contribution in [3.05, 3.63) is 28.8 Å². The van der Waals surface area contributed by atoms with E-state index in [-0.39, 0.29) is 10.6 Å². The lowest BCUT2D eigenvalue weighted by atomic mass is 10.2. The minimum atomic E-state index is -1.00. The van der Waals surface area contributed by atoms with E-state index in [1.807, 2.05) is 0 Å². The first-order valence-electron chi connectivity index (χ1n) is 6.57. The maximum Gasteiger partial charge on any atom is 0.337 e. The predicted octanol–water partition coefficient (Wildman–Crippen LogP) is 3.18. The van der Waals surface area contributed by atoms with Crippen molar-refractivity contribution in [1.29, 1.82) is 0 Å². The number of halogens is 1. The predicted molar refractivity (Wildman–Crippen MR) is 79.3 cm³/mol. The quantitative estimate of drug-likeness (QED) is 0.720. The molecule has 0 spiro atoms. The van der Waals surface area contributed by atoms with Crippen LogP contribution in [0.25, 0.3) is 0 Å². The molecule has 0 aliphatic carbocycles. The normalized spacial score (nSPS) is 10.7. The summed E-state index contributed by atoms with van der Waals surface area (Å²) < 4.78 is 0. The molecule has 0 bridgehead atoms. The first-order chi connectivity index (χ1) is 9.08. The van der Waals surface area contributed by atoms with E-state index in [1.54, 1.807) is 12.1 Å². The molecule has 0 aliphatic heterocycles. The maximum atomic E-state index is 10.8. The summed E-state index contributed by atoms with van der Waals surface area (Å²) in [5.41, 5.74) is 0.991. The summed E-state index contributed by atoms with van der Waals surface area (Å²) in [7, 11) is 0. The molecule has 1 rings (SSSR count). The molecule has 5 heteroatoms. The van der Waals surface area contributed by atoms with Gasteiger partial charge in [-0.2, -0.15) is 0 Å². The summed E-state index contributed by atoms with van der Waals surface area (Å²) in [5.74, 6) is -1.00. The Balaban J connectivity index is 2.42. The first kappa shape index (κ1) is 15.8. The van der Waals surface area contributed by atoms with Gasteiger partial charge in [0, 0.05) is 12.2 Å². The van der Waals surface area contributed by atoms with Gasteiger partial charge in [-0.1, -0.05) is 25.4 Å². The first-order valence-corrected chi connectivity index (χ1v) is 6.95. The standard InChI is InChI=1S/C14H21ClN2O2/c1-3-17(4-2)9-5-8-16-11-6-7-12(14(18)19)13(15)10-11/h6-7,10,16H,3-5,8-9H2,1-2H3,(H,18,19). The highest BCUT2D eigenvalue weighted by molar-refractivity contribution is 6.33. The fourth-order valence-electron chi connectivity index (χ4n) is 1.87. The molecule has 1 aromatic carbocycles. The highest BCUT2D eigenvalue weighted by Gasteiger charge is 2.08. The zero-order valence-electron chi connectivity index (χ0n) is 11.4. The van der Waals surface area contributed by atoms with Gasteiger partial charge in [0.2, 0.25) is 0 Å². The Morgan fingerprint density at radius 1 is 1.37 bits per heavy atom. The van der Waals surface area contributed by atoms with Gasteiger partial charge in [0.05, 0.1) is 10.6 Å². The third-order valence-electron chi connectivity index (χ3n) is 3.07. The van der Waals surface area contributed by atoms with E-state index in [4.69, 9.17) is 16.7 Å². The van der Waals surface area contributed by atoms with Crippen LogP contribution in [0.1, 0.15) is 30.6 Å². The van der Waals surface area contributed by atoms with Crippen molar-refractivity contribution >= 4 is 23.3 Å². The largest absolute Gasteiger partial charge is 0.478 e.